The summed E-state index contributed by atoms with van der Waals surface area (Å²) in [7, 11) is 0. The molecule has 5 rings (SSSR count). The largest absolute Gasteiger partial charge is 0.477 e. The first-order valence-electron chi connectivity index (χ1n) is 10.9. The molecular weight excluding hydrogens is 440 g/mol. The number of aromatic carboxylic acids is 1. The summed E-state index contributed by atoms with van der Waals surface area (Å²) < 4.78 is 33.4. The summed E-state index contributed by atoms with van der Waals surface area (Å²) in [4.78, 5) is 24.4. The van der Waals surface area contributed by atoms with Crippen molar-refractivity contribution in [3.63, 3.8) is 0 Å². The molecule has 0 aliphatic carbocycles. The van der Waals surface area contributed by atoms with E-state index in [1.807, 2.05) is 13.8 Å². The zero-order valence-electron chi connectivity index (χ0n) is 18.5. The van der Waals surface area contributed by atoms with Crippen LogP contribution < -0.4 is 5.43 Å². The topological polar surface area (TPSA) is 77.1 Å². The fraction of sp³-hybridized carbons (Fsp3) is 0.192. The highest BCUT2D eigenvalue weighted by molar-refractivity contribution is 5.93. The number of pyridine rings is 1. The lowest BCUT2D eigenvalue weighted by atomic mass is 9.94. The van der Waals surface area contributed by atoms with Crippen molar-refractivity contribution in [3.05, 3.63) is 88.2 Å². The molecule has 0 amide bonds. The maximum atomic E-state index is 15.1. The van der Waals surface area contributed by atoms with Crippen molar-refractivity contribution in [2.24, 2.45) is 5.92 Å². The smallest absolute Gasteiger partial charge is 0.341 e. The van der Waals surface area contributed by atoms with E-state index in [1.165, 1.54) is 24.4 Å². The van der Waals surface area contributed by atoms with Crippen LogP contribution in [0.15, 0.2) is 65.6 Å². The second-order valence-electron chi connectivity index (χ2n) is 8.67. The minimum absolute atomic E-state index is 0.0640. The van der Waals surface area contributed by atoms with E-state index in [2.05, 4.69) is 0 Å². The van der Waals surface area contributed by atoms with E-state index in [4.69, 9.17) is 5.10 Å². The van der Waals surface area contributed by atoms with Crippen molar-refractivity contribution in [1.29, 1.82) is 0 Å². The minimum Gasteiger partial charge on any atom is -0.477 e. The molecule has 1 atom stereocenters. The van der Waals surface area contributed by atoms with Crippen LogP contribution in [0.1, 0.15) is 30.2 Å². The Bertz CT molecular complexity index is 1500. The Hall–Kier alpha value is -4.07. The number of benzene rings is 2. The van der Waals surface area contributed by atoms with Gasteiger partial charge in [-0.05, 0) is 24.1 Å². The van der Waals surface area contributed by atoms with Crippen LogP contribution in [0, 0.1) is 17.6 Å². The number of carboxylic acid groups (broad SMARTS) is 1. The standard InChI is InChI=1S/C26H21F2N3O3/c1-14(2)21-13-31-25(20-11-22(32)17(26(33)34)12-30(20)21)23(15-7-3-5-9-18(15)27)24(29-31)16-8-4-6-10-19(16)28/h3-12,14,21H,13H2,1-2H3,(H,33,34)/t21-/m0/s1. The third-order valence-corrected chi connectivity index (χ3v) is 6.26. The van der Waals surface area contributed by atoms with Gasteiger partial charge in [0.25, 0.3) is 0 Å². The van der Waals surface area contributed by atoms with Crippen molar-refractivity contribution in [3.8, 4) is 33.8 Å². The Labute approximate surface area is 193 Å². The molecule has 0 unspecified atom stereocenters. The summed E-state index contributed by atoms with van der Waals surface area (Å²) in [5, 5.41) is 14.2. The van der Waals surface area contributed by atoms with E-state index in [0.717, 1.165) is 0 Å². The summed E-state index contributed by atoms with van der Waals surface area (Å²) in [5.41, 5.74) is 0.867. The fourth-order valence-corrected chi connectivity index (χ4v) is 4.59. The summed E-state index contributed by atoms with van der Waals surface area (Å²) in [6.45, 7) is 4.31. The van der Waals surface area contributed by atoms with Crippen LogP contribution in [0.5, 0.6) is 0 Å². The lowest BCUT2D eigenvalue weighted by molar-refractivity contribution is 0.0694. The summed E-state index contributed by atoms with van der Waals surface area (Å²) in [6, 6.07) is 13.3. The third-order valence-electron chi connectivity index (χ3n) is 6.26. The van der Waals surface area contributed by atoms with E-state index >= 15 is 4.39 Å². The molecule has 3 heterocycles. The number of rotatable bonds is 4. The number of fused-ring (bicyclic) bond motifs is 3. The van der Waals surface area contributed by atoms with Gasteiger partial charge >= 0.3 is 5.97 Å². The normalized spacial score (nSPS) is 14.7. The first kappa shape index (κ1) is 21.8. The number of carboxylic acids is 1. The number of hydrogen-bond donors (Lipinski definition) is 1. The molecule has 1 aliphatic heterocycles. The van der Waals surface area contributed by atoms with Crippen molar-refractivity contribution >= 4 is 5.97 Å². The molecule has 4 aromatic rings. The lowest BCUT2D eigenvalue weighted by Crippen LogP contribution is -2.31. The van der Waals surface area contributed by atoms with Crippen LogP contribution in [0.2, 0.25) is 0 Å². The molecule has 172 valence electrons. The third kappa shape index (κ3) is 3.34. The first-order chi connectivity index (χ1) is 16.3. The monoisotopic (exact) mass is 461 g/mol. The van der Waals surface area contributed by atoms with Gasteiger partial charge in [0.15, 0.2) is 5.43 Å². The molecule has 0 spiro atoms. The molecule has 34 heavy (non-hydrogen) atoms. The van der Waals surface area contributed by atoms with Gasteiger partial charge in [-0.25, -0.2) is 13.6 Å². The average Bonchev–Trinajstić information content (AvgIpc) is 3.17. The highest BCUT2D eigenvalue weighted by Gasteiger charge is 2.34. The molecular formula is C26H21F2N3O3. The number of nitrogens with zero attached hydrogens (tertiary/aromatic N) is 3. The average molecular weight is 461 g/mol. The first-order valence-corrected chi connectivity index (χ1v) is 10.9. The van der Waals surface area contributed by atoms with E-state index < -0.39 is 23.0 Å². The molecule has 0 bridgehead atoms. The van der Waals surface area contributed by atoms with Gasteiger partial charge in [0.1, 0.15) is 22.9 Å². The molecule has 1 aliphatic rings. The molecule has 8 heteroatoms. The van der Waals surface area contributed by atoms with Crippen LogP contribution >= 0.6 is 0 Å². The van der Waals surface area contributed by atoms with Gasteiger partial charge in [-0.2, -0.15) is 5.10 Å². The predicted octanol–water partition coefficient (Wildman–Crippen LogP) is 5.23. The quantitative estimate of drug-likeness (QED) is 0.451. The Balaban J connectivity index is 1.91. The molecule has 0 saturated carbocycles. The second-order valence-corrected chi connectivity index (χ2v) is 8.67. The van der Waals surface area contributed by atoms with Crippen LogP contribution in [-0.2, 0) is 6.54 Å². The van der Waals surface area contributed by atoms with Gasteiger partial charge in [0, 0.05) is 29.0 Å². The van der Waals surface area contributed by atoms with Crippen molar-refractivity contribution in [2.45, 2.75) is 26.4 Å². The van der Waals surface area contributed by atoms with E-state index in [1.54, 1.807) is 45.6 Å². The van der Waals surface area contributed by atoms with E-state index in [-0.39, 0.29) is 34.3 Å². The van der Waals surface area contributed by atoms with Crippen LogP contribution in [0.3, 0.4) is 0 Å². The summed E-state index contributed by atoms with van der Waals surface area (Å²) in [5.74, 6) is -2.27. The van der Waals surface area contributed by atoms with E-state index in [0.29, 0.717) is 23.5 Å². The summed E-state index contributed by atoms with van der Waals surface area (Å²) in [6.07, 6.45) is 1.34. The Morgan fingerprint density at radius 3 is 2.26 bits per heavy atom. The zero-order chi connectivity index (χ0) is 24.1. The van der Waals surface area contributed by atoms with Gasteiger partial charge in [-0.15, -0.1) is 0 Å². The molecule has 2 aromatic heterocycles. The second kappa shape index (κ2) is 8.06. The van der Waals surface area contributed by atoms with Crippen molar-refractivity contribution in [1.82, 2.24) is 14.3 Å². The van der Waals surface area contributed by atoms with Crippen molar-refractivity contribution < 1.29 is 18.7 Å². The molecule has 6 nitrogen and oxygen atoms in total. The Morgan fingerprint density at radius 1 is 1.06 bits per heavy atom. The van der Waals surface area contributed by atoms with Gasteiger partial charge in [0.2, 0.25) is 0 Å². The van der Waals surface area contributed by atoms with E-state index in [9.17, 15) is 19.1 Å². The number of carbonyl (C=O) groups is 1. The Morgan fingerprint density at radius 2 is 1.68 bits per heavy atom. The lowest BCUT2D eigenvalue weighted by Gasteiger charge is -2.32. The predicted molar refractivity (Wildman–Crippen MR) is 124 cm³/mol. The highest BCUT2D eigenvalue weighted by Crippen LogP contribution is 2.45. The molecule has 0 saturated heterocycles. The van der Waals surface area contributed by atoms with Crippen molar-refractivity contribution in [2.75, 3.05) is 0 Å². The number of hydrogen-bond acceptors (Lipinski definition) is 3. The SMILES string of the molecule is CC(C)[C@@H]1Cn2nc(-c3ccccc3F)c(-c3ccccc3F)c2-c2cc(=O)c(C(=O)O)cn21. The van der Waals surface area contributed by atoms with Gasteiger partial charge in [-0.1, -0.05) is 44.2 Å². The van der Waals surface area contributed by atoms with Gasteiger partial charge in [0.05, 0.1) is 24.0 Å². The minimum atomic E-state index is -1.32. The summed E-state index contributed by atoms with van der Waals surface area (Å²) >= 11 is 0. The number of halogens is 2. The fourth-order valence-electron chi connectivity index (χ4n) is 4.59. The van der Waals surface area contributed by atoms with Crippen LogP contribution in [0.25, 0.3) is 33.8 Å². The number of aromatic nitrogens is 3. The molecule has 2 aromatic carbocycles. The maximum absolute atomic E-state index is 15.1. The van der Waals surface area contributed by atoms with Gasteiger partial charge < -0.3 is 9.67 Å². The highest BCUT2D eigenvalue weighted by atomic mass is 19.1. The maximum Gasteiger partial charge on any atom is 0.341 e. The molecule has 1 N–H and O–H groups in total. The van der Waals surface area contributed by atoms with Crippen LogP contribution in [0.4, 0.5) is 8.78 Å². The van der Waals surface area contributed by atoms with Crippen LogP contribution in [-0.4, -0.2) is 25.4 Å². The Kier molecular flexibility index (Phi) is 5.16. The van der Waals surface area contributed by atoms with Gasteiger partial charge in [-0.3, -0.25) is 9.48 Å². The molecule has 0 fully saturated rings. The zero-order valence-corrected chi connectivity index (χ0v) is 18.5. The molecule has 0 radical (unpaired) electrons.